The number of aromatic hydroxyl groups is 3. The molecule has 4 N–H and O–H groups in total. The van der Waals surface area contributed by atoms with E-state index in [1.54, 1.807) is 30.3 Å². The fourth-order valence-corrected chi connectivity index (χ4v) is 2.37. The van der Waals surface area contributed by atoms with Gasteiger partial charge in [0.15, 0.2) is 11.6 Å². The van der Waals surface area contributed by atoms with E-state index >= 15 is 0 Å². The Hall–Kier alpha value is -3.02. The molecule has 0 saturated heterocycles. The highest BCUT2D eigenvalue weighted by molar-refractivity contribution is 5.69. The Labute approximate surface area is 133 Å². The van der Waals surface area contributed by atoms with Gasteiger partial charge in [-0.3, -0.25) is 5.10 Å². The first-order chi connectivity index (χ1) is 11.0. The molecule has 0 fully saturated rings. The van der Waals surface area contributed by atoms with Gasteiger partial charge in [0.2, 0.25) is 0 Å². The van der Waals surface area contributed by atoms with E-state index in [1.165, 1.54) is 6.07 Å². The first kappa shape index (κ1) is 14.9. The second-order valence-corrected chi connectivity index (χ2v) is 5.64. The number of aromatic amines is 1. The van der Waals surface area contributed by atoms with Crippen molar-refractivity contribution in [2.24, 2.45) is 0 Å². The van der Waals surface area contributed by atoms with Gasteiger partial charge in [-0.25, -0.2) is 4.98 Å². The highest BCUT2D eigenvalue weighted by Gasteiger charge is 2.16. The molecule has 0 aliphatic carbocycles. The van der Waals surface area contributed by atoms with Gasteiger partial charge in [-0.15, -0.1) is 0 Å². The number of phenolic OH excluding ortho intramolecular Hbond substituents is 3. The number of nitrogens with zero attached hydrogens (tertiary/aromatic N) is 2. The third kappa shape index (κ3) is 2.83. The number of phenols is 3. The molecular weight excluding hydrogens is 294 g/mol. The minimum Gasteiger partial charge on any atom is -0.508 e. The molecule has 0 saturated carbocycles. The molecule has 0 aliphatic heterocycles. The maximum atomic E-state index is 10.1. The van der Waals surface area contributed by atoms with Gasteiger partial charge in [-0.1, -0.05) is 13.8 Å². The van der Waals surface area contributed by atoms with Crippen molar-refractivity contribution >= 4 is 0 Å². The average Bonchev–Trinajstić information content (AvgIpc) is 2.97. The molecule has 118 valence electrons. The summed E-state index contributed by atoms with van der Waals surface area (Å²) in [4.78, 5) is 4.38. The minimum absolute atomic E-state index is 0.0514. The fraction of sp³-hybridized carbons (Fsp3) is 0.176. The maximum Gasteiger partial charge on any atom is 0.185 e. The Kier molecular flexibility index (Phi) is 3.65. The first-order valence-electron chi connectivity index (χ1n) is 7.23. The van der Waals surface area contributed by atoms with Gasteiger partial charge in [0.25, 0.3) is 0 Å². The van der Waals surface area contributed by atoms with Crippen LogP contribution in [0, 0.1) is 0 Å². The molecule has 6 heteroatoms. The lowest BCUT2D eigenvalue weighted by Crippen LogP contribution is -1.91. The molecular formula is C17H17N3O3. The van der Waals surface area contributed by atoms with Gasteiger partial charge < -0.3 is 15.3 Å². The number of hydrogen-bond donors (Lipinski definition) is 4. The predicted molar refractivity (Wildman–Crippen MR) is 86.3 cm³/mol. The van der Waals surface area contributed by atoms with E-state index in [0.717, 1.165) is 5.56 Å². The number of benzene rings is 2. The molecule has 2 aromatic carbocycles. The summed E-state index contributed by atoms with van der Waals surface area (Å²) in [6, 6.07) is 9.56. The van der Waals surface area contributed by atoms with Crippen molar-refractivity contribution in [1.82, 2.24) is 15.2 Å². The zero-order chi connectivity index (χ0) is 16.6. The Balaban J connectivity index is 2.03. The van der Waals surface area contributed by atoms with Crippen LogP contribution >= 0.6 is 0 Å². The van der Waals surface area contributed by atoms with Crippen molar-refractivity contribution in [2.45, 2.75) is 19.8 Å². The summed E-state index contributed by atoms with van der Waals surface area (Å²) in [6.45, 7) is 3.91. The van der Waals surface area contributed by atoms with Crippen LogP contribution in [0.5, 0.6) is 17.2 Å². The van der Waals surface area contributed by atoms with Crippen LogP contribution in [0.4, 0.5) is 0 Å². The summed E-state index contributed by atoms with van der Waals surface area (Å²) in [5.41, 5.74) is 1.94. The highest BCUT2D eigenvalue weighted by Crippen LogP contribution is 2.36. The third-order valence-corrected chi connectivity index (χ3v) is 3.63. The predicted octanol–water partition coefficient (Wildman–Crippen LogP) is 3.38. The van der Waals surface area contributed by atoms with Crippen LogP contribution in [0.1, 0.15) is 25.3 Å². The van der Waals surface area contributed by atoms with Crippen LogP contribution < -0.4 is 0 Å². The number of nitrogens with one attached hydrogen (secondary N) is 1. The Morgan fingerprint density at radius 1 is 0.957 bits per heavy atom. The summed E-state index contributed by atoms with van der Waals surface area (Å²) in [6.07, 6.45) is 0. The summed E-state index contributed by atoms with van der Waals surface area (Å²) < 4.78 is 0. The summed E-state index contributed by atoms with van der Waals surface area (Å²) in [7, 11) is 0. The van der Waals surface area contributed by atoms with E-state index < -0.39 is 0 Å². The van der Waals surface area contributed by atoms with Crippen LogP contribution in [0.2, 0.25) is 0 Å². The van der Waals surface area contributed by atoms with E-state index in [9.17, 15) is 15.3 Å². The lowest BCUT2D eigenvalue weighted by Gasteiger charge is -2.10. The Bertz CT molecular complexity index is 839. The average molecular weight is 311 g/mol. The van der Waals surface area contributed by atoms with Crippen molar-refractivity contribution in [3.8, 4) is 40.0 Å². The fourth-order valence-electron chi connectivity index (χ4n) is 2.37. The summed E-state index contributed by atoms with van der Waals surface area (Å²) >= 11 is 0. The van der Waals surface area contributed by atoms with Gasteiger partial charge in [-0.2, -0.15) is 5.10 Å². The van der Waals surface area contributed by atoms with Gasteiger partial charge >= 0.3 is 0 Å². The maximum absolute atomic E-state index is 10.1. The molecule has 3 rings (SSSR count). The molecule has 0 bridgehead atoms. The number of rotatable bonds is 3. The topological polar surface area (TPSA) is 102 Å². The normalized spacial score (nSPS) is 11.1. The van der Waals surface area contributed by atoms with Crippen molar-refractivity contribution in [3.05, 3.63) is 42.0 Å². The molecule has 1 heterocycles. The van der Waals surface area contributed by atoms with Crippen LogP contribution in [-0.4, -0.2) is 30.5 Å². The SMILES string of the molecule is CC(C)c1cc(-c2n[nH]c(-c3ccc(O)cc3)n2)c(O)cc1O. The van der Waals surface area contributed by atoms with Crippen LogP contribution in [-0.2, 0) is 0 Å². The Morgan fingerprint density at radius 3 is 2.30 bits per heavy atom. The van der Waals surface area contributed by atoms with Crippen molar-refractivity contribution in [1.29, 1.82) is 0 Å². The third-order valence-electron chi connectivity index (χ3n) is 3.63. The first-order valence-corrected chi connectivity index (χ1v) is 7.23. The second-order valence-electron chi connectivity index (χ2n) is 5.64. The van der Waals surface area contributed by atoms with Gasteiger partial charge in [-0.05, 0) is 41.8 Å². The summed E-state index contributed by atoms with van der Waals surface area (Å²) in [5, 5.41) is 36.3. The number of hydrogen-bond acceptors (Lipinski definition) is 5. The van der Waals surface area contributed by atoms with Crippen molar-refractivity contribution in [3.63, 3.8) is 0 Å². The zero-order valence-electron chi connectivity index (χ0n) is 12.8. The van der Waals surface area contributed by atoms with Crippen LogP contribution in [0.25, 0.3) is 22.8 Å². The van der Waals surface area contributed by atoms with E-state index in [4.69, 9.17) is 0 Å². The van der Waals surface area contributed by atoms with Crippen LogP contribution in [0.3, 0.4) is 0 Å². The quantitative estimate of drug-likeness (QED) is 0.594. The number of H-pyrrole nitrogens is 1. The zero-order valence-corrected chi connectivity index (χ0v) is 12.8. The Morgan fingerprint density at radius 2 is 1.65 bits per heavy atom. The highest BCUT2D eigenvalue weighted by atomic mass is 16.3. The molecule has 1 aromatic heterocycles. The molecule has 23 heavy (non-hydrogen) atoms. The van der Waals surface area contributed by atoms with E-state index in [1.807, 2.05) is 13.8 Å². The largest absolute Gasteiger partial charge is 0.508 e. The lowest BCUT2D eigenvalue weighted by atomic mass is 9.98. The standard InChI is InChI=1S/C17H17N3O3/c1-9(2)12-7-13(15(23)8-14(12)22)17-18-16(19-20-17)10-3-5-11(21)6-4-10/h3-9,21-23H,1-2H3,(H,18,19,20). The molecule has 0 amide bonds. The molecule has 0 spiro atoms. The van der Waals surface area contributed by atoms with Crippen LogP contribution in [0.15, 0.2) is 36.4 Å². The van der Waals surface area contributed by atoms with E-state index in [2.05, 4.69) is 15.2 Å². The van der Waals surface area contributed by atoms with Gasteiger partial charge in [0, 0.05) is 11.6 Å². The van der Waals surface area contributed by atoms with E-state index in [0.29, 0.717) is 22.8 Å². The minimum atomic E-state index is -0.0804. The van der Waals surface area contributed by atoms with Gasteiger partial charge in [0.05, 0.1) is 5.56 Å². The lowest BCUT2D eigenvalue weighted by molar-refractivity contribution is 0.445. The molecule has 0 unspecified atom stereocenters. The van der Waals surface area contributed by atoms with Crippen molar-refractivity contribution < 1.29 is 15.3 Å². The smallest absolute Gasteiger partial charge is 0.185 e. The van der Waals surface area contributed by atoms with Gasteiger partial charge in [0.1, 0.15) is 17.2 Å². The molecule has 0 aliphatic rings. The summed E-state index contributed by atoms with van der Waals surface area (Å²) in [5.74, 6) is 1.11. The molecule has 0 atom stereocenters. The monoisotopic (exact) mass is 311 g/mol. The second kappa shape index (κ2) is 5.64. The molecule has 6 nitrogen and oxygen atoms in total. The molecule has 0 radical (unpaired) electrons. The van der Waals surface area contributed by atoms with Crippen molar-refractivity contribution in [2.75, 3.05) is 0 Å². The number of aromatic nitrogens is 3. The molecule has 3 aromatic rings. The van der Waals surface area contributed by atoms with E-state index in [-0.39, 0.29) is 23.2 Å².